The van der Waals surface area contributed by atoms with Crippen molar-refractivity contribution in [3.63, 3.8) is 0 Å². The van der Waals surface area contributed by atoms with Crippen LogP contribution in [-0.2, 0) is 14.3 Å². The molecular formula is C25H40O4. The molecule has 0 radical (unpaired) electrons. The van der Waals surface area contributed by atoms with E-state index >= 15 is 0 Å². The monoisotopic (exact) mass is 404 g/mol. The van der Waals surface area contributed by atoms with Crippen molar-refractivity contribution in [3.05, 3.63) is 12.2 Å². The van der Waals surface area contributed by atoms with Gasteiger partial charge in [0.05, 0.1) is 13.2 Å². The van der Waals surface area contributed by atoms with Crippen LogP contribution in [0.3, 0.4) is 0 Å². The summed E-state index contributed by atoms with van der Waals surface area (Å²) in [4.78, 5) is 27.1. The molecule has 1 N–H and O–H groups in total. The molecule has 4 heteroatoms. The molecule has 3 aliphatic carbocycles. The van der Waals surface area contributed by atoms with E-state index in [1.54, 1.807) is 0 Å². The van der Waals surface area contributed by atoms with Crippen molar-refractivity contribution >= 4 is 11.8 Å². The summed E-state index contributed by atoms with van der Waals surface area (Å²) in [5.41, 5.74) is -0.957. The van der Waals surface area contributed by atoms with Crippen LogP contribution in [0.2, 0.25) is 0 Å². The van der Waals surface area contributed by atoms with Gasteiger partial charge in [-0.2, -0.15) is 0 Å². The fourth-order valence-electron chi connectivity index (χ4n) is 8.07. The first-order valence-electron chi connectivity index (χ1n) is 11.2. The minimum atomic E-state index is -1.16. The number of fused-ring (bicyclic) bond motifs is 3. The Kier molecular flexibility index (Phi) is 5.39. The Labute approximate surface area is 176 Å². The zero-order valence-corrected chi connectivity index (χ0v) is 19.4. The highest BCUT2D eigenvalue weighted by Crippen LogP contribution is 2.72. The van der Waals surface area contributed by atoms with Crippen molar-refractivity contribution in [2.45, 2.75) is 86.2 Å². The summed E-state index contributed by atoms with van der Waals surface area (Å²) in [5.74, 6) is 0.0612. The van der Waals surface area contributed by atoms with Crippen LogP contribution in [0.5, 0.6) is 0 Å². The van der Waals surface area contributed by atoms with Gasteiger partial charge in [0.25, 0.3) is 0 Å². The molecule has 0 saturated heterocycles. The fraction of sp³-hybridized carbons (Fsp3) is 0.840. The smallest absolute Gasteiger partial charge is 0.320 e. The number of methoxy groups -OCH3 is 1. The summed E-state index contributed by atoms with van der Waals surface area (Å²) < 4.78 is 5.31. The van der Waals surface area contributed by atoms with Crippen LogP contribution in [-0.4, -0.2) is 30.1 Å². The molecule has 3 saturated carbocycles. The number of hydrogen-bond acceptors (Lipinski definition) is 4. The highest BCUT2D eigenvalue weighted by Gasteiger charge is 2.72. The summed E-state index contributed by atoms with van der Waals surface area (Å²) in [6.07, 6.45) is 4.31. The number of aliphatic hydroxyl groups excluding tert-OH is 1. The predicted molar refractivity (Wildman–Crippen MR) is 114 cm³/mol. The molecule has 0 heterocycles. The third kappa shape index (κ3) is 2.80. The van der Waals surface area contributed by atoms with E-state index in [4.69, 9.17) is 4.74 Å². The van der Waals surface area contributed by atoms with Crippen LogP contribution in [0.1, 0.15) is 80.1 Å². The second-order valence-electron chi connectivity index (χ2n) is 11.5. The Morgan fingerprint density at radius 1 is 1.17 bits per heavy atom. The topological polar surface area (TPSA) is 63.6 Å². The number of hydrogen-bond donors (Lipinski definition) is 1. The molecule has 164 valence electrons. The third-order valence-electron chi connectivity index (χ3n) is 9.56. The average molecular weight is 405 g/mol. The van der Waals surface area contributed by atoms with Gasteiger partial charge in [-0.1, -0.05) is 40.2 Å². The fourth-order valence-corrected chi connectivity index (χ4v) is 8.07. The van der Waals surface area contributed by atoms with Gasteiger partial charge in [-0.25, -0.2) is 0 Å². The molecule has 0 aromatic carbocycles. The molecule has 29 heavy (non-hydrogen) atoms. The van der Waals surface area contributed by atoms with Crippen LogP contribution in [0.25, 0.3) is 0 Å². The SMILES string of the molecule is C=C(C)C[C@@]1(C(=O)OC)C(=O)[C@H](C)CC2[C@@]3(C)CC[C@H](O)C(C)(C)C3CC[C@]21C. The van der Waals surface area contributed by atoms with Gasteiger partial charge in [0, 0.05) is 5.92 Å². The minimum Gasteiger partial charge on any atom is -0.468 e. The standard InChI is InChI=1S/C25H40O4/c1-15(2)14-25(21(28)29-8)20(27)16(3)13-18-23(6)11-10-19(26)22(4,5)17(23)9-12-24(18,25)7/h16-19,26H,1,9-14H2,2-8H3/t16-,17?,18?,19+,23+,24-,25+/m1/s1. The van der Waals surface area contributed by atoms with Gasteiger partial charge in [0.1, 0.15) is 5.41 Å². The second-order valence-corrected chi connectivity index (χ2v) is 11.5. The van der Waals surface area contributed by atoms with E-state index in [0.29, 0.717) is 12.3 Å². The highest BCUT2D eigenvalue weighted by atomic mass is 16.5. The van der Waals surface area contributed by atoms with Crippen LogP contribution >= 0.6 is 0 Å². The Hall–Kier alpha value is -1.16. The maximum atomic E-state index is 13.7. The van der Waals surface area contributed by atoms with Gasteiger partial charge in [-0.15, -0.1) is 6.58 Å². The largest absolute Gasteiger partial charge is 0.468 e. The maximum Gasteiger partial charge on any atom is 0.320 e. The first-order chi connectivity index (χ1) is 13.3. The Morgan fingerprint density at radius 2 is 1.79 bits per heavy atom. The number of Topliss-reactive ketones (excluding diaryl/α,β-unsaturated/α-hetero) is 1. The lowest BCUT2D eigenvalue weighted by atomic mass is 9.35. The van der Waals surface area contributed by atoms with E-state index in [2.05, 4.69) is 34.3 Å². The van der Waals surface area contributed by atoms with Gasteiger partial charge >= 0.3 is 5.97 Å². The van der Waals surface area contributed by atoms with E-state index in [-0.39, 0.29) is 40.5 Å². The van der Waals surface area contributed by atoms with Crippen LogP contribution in [0.4, 0.5) is 0 Å². The molecule has 7 atom stereocenters. The molecule has 3 aliphatic rings. The van der Waals surface area contributed by atoms with E-state index in [1.807, 2.05) is 13.8 Å². The summed E-state index contributed by atoms with van der Waals surface area (Å²) in [6.45, 7) is 16.9. The molecule has 3 rings (SSSR count). The summed E-state index contributed by atoms with van der Waals surface area (Å²) in [7, 11) is 1.40. The number of aliphatic hydroxyl groups is 1. The third-order valence-corrected chi connectivity index (χ3v) is 9.56. The van der Waals surface area contributed by atoms with Crippen molar-refractivity contribution in [2.24, 2.45) is 39.4 Å². The number of carbonyl (C=O) groups is 2. The summed E-state index contributed by atoms with van der Waals surface area (Å²) in [6, 6.07) is 0. The Balaban J connectivity index is 2.20. The van der Waals surface area contributed by atoms with E-state index in [1.165, 1.54) is 7.11 Å². The van der Waals surface area contributed by atoms with E-state index < -0.39 is 10.8 Å². The Morgan fingerprint density at radius 3 is 2.34 bits per heavy atom. The molecule has 0 aromatic rings. The predicted octanol–water partition coefficient (Wildman–Crippen LogP) is 4.94. The molecule has 4 nitrogen and oxygen atoms in total. The number of esters is 1. The number of carbonyl (C=O) groups excluding carboxylic acids is 2. The molecule has 0 aliphatic heterocycles. The lowest BCUT2D eigenvalue weighted by Gasteiger charge is -2.68. The van der Waals surface area contributed by atoms with Crippen LogP contribution in [0.15, 0.2) is 12.2 Å². The van der Waals surface area contributed by atoms with Crippen molar-refractivity contribution in [2.75, 3.05) is 7.11 Å². The highest BCUT2D eigenvalue weighted by molar-refractivity contribution is 6.06. The van der Waals surface area contributed by atoms with Crippen molar-refractivity contribution in [3.8, 4) is 0 Å². The van der Waals surface area contributed by atoms with Crippen molar-refractivity contribution < 1.29 is 19.4 Å². The molecule has 3 fully saturated rings. The number of ether oxygens (including phenoxy) is 1. The second kappa shape index (κ2) is 6.93. The van der Waals surface area contributed by atoms with Gasteiger partial charge in [0.15, 0.2) is 5.78 Å². The first-order valence-corrected chi connectivity index (χ1v) is 11.2. The average Bonchev–Trinajstić information content (AvgIpc) is 2.63. The van der Waals surface area contributed by atoms with E-state index in [9.17, 15) is 14.7 Å². The van der Waals surface area contributed by atoms with Gasteiger partial charge in [-0.05, 0) is 73.5 Å². The molecular weight excluding hydrogens is 364 g/mol. The number of allylic oxidation sites excluding steroid dienone is 1. The maximum absolute atomic E-state index is 13.7. The lowest BCUT2D eigenvalue weighted by molar-refractivity contribution is -0.223. The summed E-state index contributed by atoms with van der Waals surface area (Å²) in [5, 5.41) is 10.8. The number of ketones is 1. The van der Waals surface area contributed by atoms with E-state index in [0.717, 1.165) is 37.7 Å². The minimum absolute atomic E-state index is 0.0148. The normalized spacial score (nSPS) is 46.4. The van der Waals surface area contributed by atoms with Crippen molar-refractivity contribution in [1.82, 2.24) is 0 Å². The van der Waals surface area contributed by atoms with Gasteiger partial charge in [0.2, 0.25) is 0 Å². The van der Waals surface area contributed by atoms with Gasteiger partial charge in [-0.3, -0.25) is 9.59 Å². The van der Waals surface area contributed by atoms with Crippen LogP contribution < -0.4 is 0 Å². The molecule has 2 unspecified atom stereocenters. The first kappa shape index (κ1) is 22.5. The van der Waals surface area contributed by atoms with Gasteiger partial charge < -0.3 is 9.84 Å². The number of rotatable bonds is 3. The lowest BCUT2D eigenvalue weighted by Crippen LogP contribution is -2.68. The van der Waals surface area contributed by atoms with Crippen molar-refractivity contribution in [1.29, 1.82) is 0 Å². The zero-order valence-electron chi connectivity index (χ0n) is 19.4. The summed E-state index contributed by atoms with van der Waals surface area (Å²) >= 11 is 0. The molecule has 0 spiro atoms. The molecule has 0 amide bonds. The quantitative estimate of drug-likeness (QED) is 0.411. The Bertz CT molecular complexity index is 724. The van der Waals surface area contributed by atoms with Crippen LogP contribution in [0, 0.1) is 39.4 Å². The molecule has 0 aromatic heterocycles. The zero-order chi connectivity index (χ0) is 22.0. The molecule has 0 bridgehead atoms.